The number of amides is 1. The number of anilines is 1. The number of nitrogens with one attached hydrogen (secondary N) is 1. The van der Waals surface area contributed by atoms with Gasteiger partial charge in [-0.05, 0) is 37.8 Å². The molecule has 5 nitrogen and oxygen atoms in total. The van der Waals surface area contributed by atoms with Crippen LogP contribution in [-0.2, 0) is 4.79 Å². The minimum absolute atomic E-state index is 0.120. The van der Waals surface area contributed by atoms with Crippen LogP contribution in [0.25, 0.3) is 10.9 Å². The zero-order valence-electron chi connectivity index (χ0n) is 17.1. The van der Waals surface area contributed by atoms with Crippen LogP contribution in [0.3, 0.4) is 0 Å². The van der Waals surface area contributed by atoms with E-state index in [0.717, 1.165) is 54.8 Å². The third-order valence-corrected chi connectivity index (χ3v) is 5.22. The number of aromatic nitrogens is 1. The van der Waals surface area contributed by atoms with Crippen molar-refractivity contribution < 1.29 is 9.53 Å². The molecule has 146 valence electrons. The first kappa shape index (κ1) is 19.5. The lowest BCUT2D eigenvalue weighted by molar-refractivity contribution is -0.128. The van der Waals surface area contributed by atoms with E-state index < -0.39 is 0 Å². The predicted molar refractivity (Wildman–Crippen MR) is 110 cm³/mol. The van der Waals surface area contributed by atoms with Crippen molar-refractivity contribution in [2.75, 3.05) is 31.6 Å². The number of fused-ring (bicyclic) bond motifs is 1. The molecule has 2 aromatic rings. The summed E-state index contributed by atoms with van der Waals surface area (Å²) in [6, 6.07) is 8.26. The molecule has 1 atom stereocenters. The number of carbonyl (C=O) groups is 1. The van der Waals surface area contributed by atoms with Gasteiger partial charge in [0.15, 0.2) is 0 Å². The number of nitrogens with zero attached hydrogens (tertiary/aromatic N) is 2. The summed E-state index contributed by atoms with van der Waals surface area (Å²) < 4.78 is 5.51. The summed E-state index contributed by atoms with van der Waals surface area (Å²) in [6.07, 6.45) is 2.27. The molecule has 1 aliphatic rings. The minimum atomic E-state index is -0.344. The summed E-state index contributed by atoms with van der Waals surface area (Å²) in [5.74, 6) is 1.39. The number of carbonyl (C=O) groups excluding carboxylic acids is 1. The Kier molecular flexibility index (Phi) is 5.59. The maximum absolute atomic E-state index is 12.2. The minimum Gasteiger partial charge on any atom is -0.494 e. The Labute approximate surface area is 162 Å². The highest BCUT2D eigenvalue weighted by Crippen LogP contribution is 2.34. The topological polar surface area (TPSA) is 54.5 Å². The van der Waals surface area contributed by atoms with E-state index in [0.29, 0.717) is 5.92 Å². The summed E-state index contributed by atoms with van der Waals surface area (Å²) in [6.45, 7) is 10.6. The normalized spacial score (nSPS) is 17.8. The molecular formula is C22H31N3O2. The molecule has 3 rings (SSSR count). The average molecular weight is 370 g/mol. The van der Waals surface area contributed by atoms with Crippen LogP contribution < -0.4 is 15.0 Å². The molecule has 0 spiro atoms. The summed E-state index contributed by atoms with van der Waals surface area (Å²) in [5.41, 5.74) is 2.77. The van der Waals surface area contributed by atoms with Crippen molar-refractivity contribution in [3.8, 4) is 5.75 Å². The number of aryl methyl sites for hydroxylation is 1. The highest BCUT2D eigenvalue weighted by molar-refractivity contribution is 5.95. The predicted octanol–water partition coefficient (Wildman–Crippen LogP) is 3.93. The summed E-state index contributed by atoms with van der Waals surface area (Å²) in [5, 5.41) is 4.26. The second kappa shape index (κ2) is 7.75. The molecule has 27 heavy (non-hydrogen) atoms. The molecule has 0 saturated carbocycles. The molecule has 1 N–H and O–H groups in total. The van der Waals surface area contributed by atoms with E-state index >= 15 is 0 Å². The van der Waals surface area contributed by atoms with Crippen molar-refractivity contribution >= 4 is 22.5 Å². The lowest BCUT2D eigenvalue weighted by Gasteiger charge is -2.35. The van der Waals surface area contributed by atoms with Gasteiger partial charge in [0.2, 0.25) is 5.91 Å². The van der Waals surface area contributed by atoms with Crippen LogP contribution in [0.2, 0.25) is 0 Å². The second-order valence-corrected chi connectivity index (χ2v) is 8.55. The molecule has 0 radical (unpaired) electrons. The number of methoxy groups -OCH3 is 1. The number of pyridine rings is 1. The molecule has 5 heteroatoms. The number of para-hydroxylation sites is 1. The number of ether oxygens (including phenoxy) is 1. The first-order chi connectivity index (χ1) is 12.8. The summed E-state index contributed by atoms with van der Waals surface area (Å²) in [4.78, 5) is 19.3. The second-order valence-electron chi connectivity index (χ2n) is 8.55. The first-order valence-corrected chi connectivity index (χ1v) is 9.77. The molecule has 1 aliphatic heterocycles. The third-order valence-electron chi connectivity index (χ3n) is 5.22. The number of piperidine rings is 1. The highest BCUT2D eigenvalue weighted by atomic mass is 16.5. The molecule has 1 unspecified atom stereocenters. The lowest BCUT2D eigenvalue weighted by Crippen LogP contribution is -2.43. The van der Waals surface area contributed by atoms with Gasteiger partial charge in [-0.25, -0.2) is 4.98 Å². The summed E-state index contributed by atoms with van der Waals surface area (Å²) in [7, 11) is 1.69. The molecule has 1 saturated heterocycles. The number of hydrogen-bond donors (Lipinski definition) is 1. The Balaban J connectivity index is 1.81. The maximum Gasteiger partial charge on any atom is 0.225 e. The van der Waals surface area contributed by atoms with Crippen LogP contribution in [0.5, 0.6) is 5.75 Å². The van der Waals surface area contributed by atoms with Gasteiger partial charge >= 0.3 is 0 Å². The maximum atomic E-state index is 12.2. The van der Waals surface area contributed by atoms with Crippen molar-refractivity contribution in [2.45, 2.75) is 40.5 Å². The van der Waals surface area contributed by atoms with E-state index in [9.17, 15) is 4.79 Å². The highest BCUT2D eigenvalue weighted by Gasteiger charge is 2.25. The van der Waals surface area contributed by atoms with Gasteiger partial charge in [0.05, 0.1) is 7.11 Å². The molecule has 1 amide bonds. The van der Waals surface area contributed by atoms with Gasteiger partial charge in [-0.2, -0.15) is 0 Å². The molecule has 1 aromatic carbocycles. The van der Waals surface area contributed by atoms with Crippen LogP contribution in [0.15, 0.2) is 24.3 Å². The fourth-order valence-electron chi connectivity index (χ4n) is 3.71. The Morgan fingerprint density at radius 3 is 2.85 bits per heavy atom. The Hall–Kier alpha value is -2.30. The van der Waals surface area contributed by atoms with E-state index in [1.54, 1.807) is 7.11 Å². The number of rotatable bonds is 4. The van der Waals surface area contributed by atoms with E-state index in [1.807, 2.05) is 39.8 Å². The van der Waals surface area contributed by atoms with Gasteiger partial charge in [-0.3, -0.25) is 4.79 Å². The van der Waals surface area contributed by atoms with Crippen LogP contribution in [0, 0.1) is 18.3 Å². The largest absolute Gasteiger partial charge is 0.494 e. The van der Waals surface area contributed by atoms with Crippen molar-refractivity contribution in [1.82, 2.24) is 10.3 Å². The van der Waals surface area contributed by atoms with E-state index in [4.69, 9.17) is 9.72 Å². The Bertz CT molecular complexity index is 826. The van der Waals surface area contributed by atoms with Gasteiger partial charge in [0.1, 0.15) is 11.3 Å². The van der Waals surface area contributed by atoms with Crippen molar-refractivity contribution in [1.29, 1.82) is 0 Å². The van der Waals surface area contributed by atoms with E-state index in [1.165, 1.54) is 5.69 Å². The number of hydrogen-bond acceptors (Lipinski definition) is 4. The molecular weight excluding hydrogens is 338 g/mol. The Morgan fingerprint density at radius 2 is 2.15 bits per heavy atom. The van der Waals surface area contributed by atoms with Crippen LogP contribution in [-0.4, -0.2) is 37.6 Å². The standard InChI is InChI=1S/C22H31N3O2/c1-15-12-18(17-9-6-10-19(27-5)20(17)24-15)25-11-7-8-16(14-25)13-23-21(26)22(2,3)4/h6,9-10,12,16H,7-8,11,13-14H2,1-5H3,(H,23,26). The molecule has 0 bridgehead atoms. The lowest BCUT2D eigenvalue weighted by atomic mass is 9.93. The molecule has 1 aromatic heterocycles. The van der Waals surface area contributed by atoms with Crippen LogP contribution >= 0.6 is 0 Å². The fraction of sp³-hybridized carbons (Fsp3) is 0.545. The monoisotopic (exact) mass is 369 g/mol. The quantitative estimate of drug-likeness (QED) is 0.887. The van der Waals surface area contributed by atoms with Gasteiger partial charge < -0.3 is 15.0 Å². The average Bonchev–Trinajstić information content (AvgIpc) is 2.64. The smallest absolute Gasteiger partial charge is 0.225 e. The summed E-state index contributed by atoms with van der Waals surface area (Å²) >= 11 is 0. The SMILES string of the molecule is COc1cccc2c(N3CCCC(CNC(=O)C(C)(C)C)C3)cc(C)nc12. The zero-order chi connectivity index (χ0) is 19.6. The van der Waals surface area contributed by atoms with Gasteiger partial charge in [0, 0.05) is 41.8 Å². The third kappa shape index (κ3) is 4.34. The van der Waals surface area contributed by atoms with Gasteiger partial charge in [-0.1, -0.05) is 32.9 Å². The van der Waals surface area contributed by atoms with Crippen LogP contribution in [0.4, 0.5) is 5.69 Å². The van der Waals surface area contributed by atoms with Gasteiger partial charge in [-0.15, -0.1) is 0 Å². The zero-order valence-corrected chi connectivity index (χ0v) is 17.1. The van der Waals surface area contributed by atoms with Gasteiger partial charge in [0.25, 0.3) is 0 Å². The molecule has 2 heterocycles. The van der Waals surface area contributed by atoms with Crippen molar-refractivity contribution in [3.05, 3.63) is 30.0 Å². The molecule has 0 aliphatic carbocycles. The van der Waals surface area contributed by atoms with E-state index in [-0.39, 0.29) is 11.3 Å². The fourth-order valence-corrected chi connectivity index (χ4v) is 3.71. The number of benzene rings is 1. The molecule has 1 fully saturated rings. The van der Waals surface area contributed by atoms with Crippen molar-refractivity contribution in [2.24, 2.45) is 11.3 Å². The Morgan fingerprint density at radius 1 is 1.37 bits per heavy atom. The van der Waals surface area contributed by atoms with Crippen molar-refractivity contribution in [3.63, 3.8) is 0 Å². The van der Waals surface area contributed by atoms with E-state index in [2.05, 4.69) is 22.3 Å². The van der Waals surface area contributed by atoms with Crippen LogP contribution in [0.1, 0.15) is 39.3 Å². The first-order valence-electron chi connectivity index (χ1n) is 9.77.